The number of nitrogens with two attached hydrogens (primary N) is 1. The van der Waals surface area contributed by atoms with Gasteiger partial charge in [0.15, 0.2) is 5.82 Å². The normalized spacial score (nSPS) is 10.9. The molecule has 13 heavy (non-hydrogen) atoms. The molecular formula is C10H10FNS. The Hall–Kier alpha value is -1.09. The average molecular weight is 195 g/mol. The lowest BCUT2D eigenvalue weighted by molar-refractivity contribution is 0.620. The Kier molecular flexibility index (Phi) is 1.96. The van der Waals surface area contributed by atoms with Crippen molar-refractivity contribution in [3.8, 4) is 0 Å². The van der Waals surface area contributed by atoms with E-state index in [0.29, 0.717) is 6.42 Å². The minimum atomic E-state index is -0.252. The number of thiophene rings is 1. The molecule has 0 spiro atoms. The summed E-state index contributed by atoms with van der Waals surface area (Å²) in [5.74, 6) is -0.252. The topological polar surface area (TPSA) is 26.0 Å². The molecular weight excluding hydrogens is 185 g/mol. The third kappa shape index (κ3) is 1.20. The summed E-state index contributed by atoms with van der Waals surface area (Å²) in [6, 6.07) is 3.66. The van der Waals surface area contributed by atoms with E-state index in [0.717, 1.165) is 15.6 Å². The summed E-state index contributed by atoms with van der Waals surface area (Å²) >= 11 is 1.57. The standard InChI is InChI=1S/C10H10FNS/c1-2-7-9(11)8(12)5-6-3-4-13-10(6)7/h3-5H,2,12H2,1H3. The molecule has 0 atom stereocenters. The molecule has 2 aromatic rings. The van der Waals surface area contributed by atoms with Crippen LogP contribution in [0.25, 0.3) is 10.1 Å². The largest absolute Gasteiger partial charge is 0.396 e. The minimum absolute atomic E-state index is 0.252. The van der Waals surface area contributed by atoms with E-state index in [1.54, 1.807) is 17.4 Å². The number of benzene rings is 1. The summed E-state index contributed by atoms with van der Waals surface area (Å²) in [6.45, 7) is 1.94. The van der Waals surface area contributed by atoms with Crippen LogP contribution in [0.4, 0.5) is 10.1 Å². The van der Waals surface area contributed by atoms with Gasteiger partial charge >= 0.3 is 0 Å². The van der Waals surface area contributed by atoms with Crippen LogP contribution in [-0.2, 0) is 6.42 Å². The molecule has 0 radical (unpaired) electrons. The number of aryl methyl sites for hydroxylation is 1. The molecule has 68 valence electrons. The molecule has 0 unspecified atom stereocenters. The zero-order valence-corrected chi connectivity index (χ0v) is 8.12. The number of anilines is 1. The number of fused-ring (bicyclic) bond motifs is 1. The van der Waals surface area contributed by atoms with Gasteiger partial charge in [0.2, 0.25) is 0 Å². The first-order chi connectivity index (χ1) is 6.24. The van der Waals surface area contributed by atoms with Crippen molar-refractivity contribution in [3.05, 3.63) is 28.9 Å². The molecule has 1 aromatic heterocycles. The van der Waals surface area contributed by atoms with E-state index in [4.69, 9.17) is 5.73 Å². The summed E-state index contributed by atoms with van der Waals surface area (Å²) in [7, 11) is 0. The lowest BCUT2D eigenvalue weighted by Gasteiger charge is -2.04. The van der Waals surface area contributed by atoms with E-state index < -0.39 is 0 Å². The third-order valence-corrected chi connectivity index (χ3v) is 3.14. The first kappa shape index (κ1) is 8.51. The monoisotopic (exact) mass is 195 g/mol. The fourth-order valence-electron chi connectivity index (χ4n) is 1.50. The molecule has 0 aliphatic heterocycles. The van der Waals surface area contributed by atoms with Crippen molar-refractivity contribution < 1.29 is 4.39 Å². The third-order valence-electron chi connectivity index (χ3n) is 2.15. The van der Waals surface area contributed by atoms with Gasteiger partial charge in [0, 0.05) is 10.3 Å². The molecule has 0 bridgehead atoms. The summed E-state index contributed by atoms with van der Waals surface area (Å²) in [5.41, 5.74) is 6.54. The SMILES string of the molecule is CCc1c(F)c(N)cc2ccsc12. The van der Waals surface area contributed by atoms with Gasteiger partial charge in [-0.15, -0.1) is 11.3 Å². The van der Waals surface area contributed by atoms with Crippen LogP contribution in [0.2, 0.25) is 0 Å². The fourth-order valence-corrected chi connectivity index (χ4v) is 2.49. The molecule has 0 fully saturated rings. The molecule has 2 N–H and O–H groups in total. The molecule has 0 aliphatic rings. The van der Waals surface area contributed by atoms with Gasteiger partial charge in [-0.25, -0.2) is 4.39 Å². The van der Waals surface area contributed by atoms with Gasteiger partial charge in [0.25, 0.3) is 0 Å². The van der Waals surface area contributed by atoms with Gasteiger partial charge in [0.05, 0.1) is 5.69 Å². The van der Waals surface area contributed by atoms with Crippen LogP contribution in [-0.4, -0.2) is 0 Å². The summed E-state index contributed by atoms with van der Waals surface area (Å²) < 4.78 is 14.5. The zero-order chi connectivity index (χ0) is 9.42. The Balaban J connectivity index is 2.87. The maximum Gasteiger partial charge on any atom is 0.150 e. The molecule has 1 heterocycles. The maximum atomic E-state index is 13.5. The van der Waals surface area contributed by atoms with Crippen LogP contribution in [0.15, 0.2) is 17.5 Å². The fraction of sp³-hybridized carbons (Fsp3) is 0.200. The van der Waals surface area contributed by atoms with Gasteiger partial charge in [-0.3, -0.25) is 0 Å². The average Bonchev–Trinajstić information content (AvgIpc) is 2.54. The van der Waals surface area contributed by atoms with Crippen molar-refractivity contribution >= 4 is 27.1 Å². The van der Waals surface area contributed by atoms with E-state index in [2.05, 4.69) is 0 Å². The highest BCUT2D eigenvalue weighted by molar-refractivity contribution is 7.17. The second kappa shape index (κ2) is 3.00. The zero-order valence-electron chi connectivity index (χ0n) is 7.30. The second-order valence-electron chi connectivity index (χ2n) is 2.95. The van der Waals surface area contributed by atoms with Gasteiger partial charge in [-0.1, -0.05) is 6.92 Å². The van der Waals surface area contributed by atoms with Crippen molar-refractivity contribution in [2.75, 3.05) is 5.73 Å². The highest BCUT2D eigenvalue weighted by Crippen LogP contribution is 2.30. The first-order valence-electron chi connectivity index (χ1n) is 4.18. The van der Waals surface area contributed by atoms with Crippen molar-refractivity contribution in [2.24, 2.45) is 0 Å². The van der Waals surface area contributed by atoms with E-state index in [-0.39, 0.29) is 11.5 Å². The Morgan fingerprint density at radius 1 is 1.54 bits per heavy atom. The van der Waals surface area contributed by atoms with Gasteiger partial charge in [0.1, 0.15) is 0 Å². The highest BCUT2D eigenvalue weighted by atomic mass is 32.1. The molecule has 1 aromatic carbocycles. The van der Waals surface area contributed by atoms with E-state index in [9.17, 15) is 4.39 Å². The number of halogens is 1. The van der Waals surface area contributed by atoms with Gasteiger partial charge in [-0.05, 0) is 29.3 Å². The lowest BCUT2D eigenvalue weighted by Crippen LogP contribution is -1.95. The molecule has 2 rings (SSSR count). The quantitative estimate of drug-likeness (QED) is 0.695. The first-order valence-corrected chi connectivity index (χ1v) is 5.06. The summed E-state index contributed by atoms with van der Waals surface area (Å²) in [5, 5.41) is 3.00. The Labute approximate surface area is 80.0 Å². The van der Waals surface area contributed by atoms with Crippen LogP contribution in [0, 0.1) is 5.82 Å². The van der Waals surface area contributed by atoms with Crippen LogP contribution < -0.4 is 5.73 Å². The van der Waals surface area contributed by atoms with Crippen LogP contribution in [0.1, 0.15) is 12.5 Å². The molecule has 0 saturated carbocycles. The number of rotatable bonds is 1. The summed E-state index contributed by atoms with van der Waals surface area (Å²) in [4.78, 5) is 0. The lowest BCUT2D eigenvalue weighted by atomic mass is 10.1. The number of nitrogen functional groups attached to an aromatic ring is 1. The van der Waals surface area contributed by atoms with E-state index in [1.807, 2.05) is 18.4 Å². The summed E-state index contributed by atoms with van der Waals surface area (Å²) in [6.07, 6.45) is 0.688. The van der Waals surface area contributed by atoms with Gasteiger partial charge in [-0.2, -0.15) is 0 Å². The second-order valence-corrected chi connectivity index (χ2v) is 3.87. The van der Waals surface area contributed by atoms with Crippen LogP contribution in [0.3, 0.4) is 0 Å². The van der Waals surface area contributed by atoms with Crippen LogP contribution >= 0.6 is 11.3 Å². The number of hydrogen-bond acceptors (Lipinski definition) is 2. The molecule has 3 heteroatoms. The molecule has 0 aliphatic carbocycles. The maximum absolute atomic E-state index is 13.5. The van der Waals surface area contributed by atoms with Crippen molar-refractivity contribution in [1.29, 1.82) is 0 Å². The molecule has 0 amide bonds. The van der Waals surface area contributed by atoms with Crippen molar-refractivity contribution in [2.45, 2.75) is 13.3 Å². The van der Waals surface area contributed by atoms with Gasteiger partial charge < -0.3 is 5.73 Å². The smallest absolute Gasteiger partial charge is 0.150 e. The number of hydrogen-bond donors (Lipinski definition) is 1. The highest BCUT2D eigenvalue weighted by Gasteiger charge is 2.10. The van der Waals surface area contributed by atoms with Crippen LogP contribution in [0.5, 0.6) is 0 Å². The minimum Gasteiger partial charge on any atom is -0.396 e. The molecule has 0 saturated heterocycles. The van der Waals surface area contributed by atoms with E-state index in [1.165, 1.54) is 0 Å². The predicted octanol–water partition coefficient (Wildman–Crippen LogP) is 3.19. The van der Waals surface area contributed by atoms with Crippen molar-refractivity contribution in [3.63, 3.8) is 0 Å². The van der Waals surface area contributed by atoms with Crippen molar-refractivity contribution in [1.82, 2.24) is 0 Å². The van der Waals surface area contributed by atoms with E-state index >= 15 is 0 Å². The predicted molar refractivity (Wildman–Crippen MR) is 55.6 cm³/mol. The Morgan fingerprint density at radius 2 is 2.31 bits per heavy atom. The molecule has 1 nitrogen and oxygen atoms in total. The Morgan fingerprint density at radius 3 is 3.00 bits per heavy atom. The Bertz CT molecular complexity index is 447.